The molecule has 0 aromatic heterocycles. The molecule has 0 radical (unpaired) electrons. The third-order valence-corrected chi connectivity index (χ3v) is 4.33. The van der Waals surface area contributed by atoms with Gasteiger partial charge in [-0.2, -0.15) is 0 Å². The summed E-state index contributed by atoms with van der Waals surface area (Å²) in [6.07, 6.45) is 3.26. The molecule has 2 heterocycles. The van der Waals surface area contributed by atoms with Gasteiger partial charge in [0.2, 0.25) is 0 Å². The lowest BCUT2D eigenvalue weighted by Crippen LogP contribution is -2.49. The number of likely N-dealkylation sites (N-methyl/N-ethyl adjacent to an activating group) is 1. The molecule has 4 nitrogen and oxygen atoms in total. The van der Waals surface area contributed by atoms with Crippen molar-refractivity contribution in [3.05, 3.63) is 0 Å². The lowest BCUT2D eigenvalue weighted by Gasteiger charge is -2.41. The maximum absolute atomic E-state index is 6.04. The fourth-order valence-electron chi connectivity index (χ4n) is 3.24. The van der Waals surface area contributed by atoms with Gasteiger partial charge in [0, 0.05) is 25.7 Å². The van der Waals surface area contributed by atoms with E-state index < -0.39 is 0 Å². The Balaban J connectivity index is 1.93. The molecule has 20 heavy (non-hydrogen) atoms. The molecule has 3 atom stereocenters. The predicted octanol–water partition coefficient (Wildman–Crippen LogP) is 2.37. The minimum absolute atomic E-state index is 0.0156. The average molecular weight is 285 g/mol. The molecule has 0 saturated carbocycles. The fourth-order valence-corrected chi connectivity index (χ4v) is 3.24. The summed E-state index contributed by atoms with van der Waals surface area (Å²) < 4.78 is 17.6. The van der Waals surface area contributed by atoms with Gasteiger partial charge in [0.15, 0.2) is 0 Å². The van der Waals surface area contributed by atoms with Crippen LogP contribution in [0.3, 0.4) is 0 Å². The van der Waals surface area contributed by atoms with Gasteiger partial charge in [-0.3, -0.25) is 0 Å². The van der Waals surface area contributed by atoms with Gasteiger partial charge >= 0.3 is 0 Å². The van der Waals surface area contributed by atoms with Crippen LogP contribution in [-0.2, 0) is 14.2 Å². The zero-order valence-electron chi connectivity index (χ0n) is 13.5. The third kappa shape index (κ3) is 4.42. The lowest BCUT2D eigenvalue weighted by atomic mass is 9.81. The van der Waals surface area contributed by atoms with Crippen LogP contribution >= 0.6 is 0 Å². The third-order valence-electron chi connectivity index (χ3n) is 4.33. The number of hydrogen-bond donors (Lipinski definition) is 1. The van der Waals surface area contributed by atoms with E-state index in [9.17, 15) is 0 Å². The van der Waals surface area contributed by atoms with Gasteiger partial charge in [-0.25, -0.2) is 0 Å². The minimum Gasteiger partial charge on any atom is -0.378 e. The Labute approximate surface area is 123 Å². The van der Waals surface area contributed by atoms with Gasteiger partial charge in [-0.1, -0.05) is 6.92 Å². The van der Waals surface area contributed by atoms with E-state index in [0.717, 1.165) is 52.2 Å². The Hall–Kier alpha value is -0.160. The van der Waals surface area contributed by atoms with Crippen LogP contribution in [0.25, 0.3) is 0 Å². The van der Waals surface area contributed by atoms with Crippen molar-refractivity contribution in [3.63, 3.8) is 0 Å². The maximum atomic E-state index is 6.04. The molecule has 1 spiro atoms. The highest BCUT2D eigenvalue weighted by atomic mass is 16.6. The predicted molar refractivity (Wildman–Crippen MR) is 80.0 cm³/mol. The summed E-state index contributed by atoms with van der Waals surface area (Å²) in [5.41, 5.74) is -0.0919. The number of rotatable bonds is 5. The molecule has 0 bridgehead atoms. The van der Waals surface area contributed by atoms with Crippen LogP contribution < -0.4 is 5.32 Å². The first-order valence-electron chi connectivity index (χ1n) is 8.03. The molecule has 2 fully saturated rings. The molecular formula is C16H31NO3. The molecule has 2 aliphatic rings. The molecule has 0 amide bonds. The molecule has 3 unspecified atom stereocenters. The van der Waals surface area contributed by atoms with Crippen LogP contribution in [-0.4, -0.2) is 50.2 Å². The summed E-state index contributed by atoms with van der Waals surface area (Å²) in [6, 6.07) is 0.417. The molecule has 0 aliphatic carbocycles. The van der Waals surface area contributed by atoms with E-state index in [-0.39, 0.29) is 11.2 Å². The normalized spacial score (nSPS) is 32.7. The summed E-state index contributed by atoms with van der Waals surface area (Å²) in [6.45, 7) is 12.7. The Kier molecular flexibility index (Phi) is 5.46. The highest BCUT2D eigenvalue weighted by molar-refractivity contribution is 4.93. The summed E-state index contributed by atoms with van der Waals surface area (Å²) >= 11 is 0. The molecular weight excluding hydrogens is 254 g/mol. The van der Waals surface area contributed by atoms with Gasteiger partial charge in [-0.15, -0.1) is 0 Å². The summed E-state index contributed by atoms with van der Waals surface area (Å²) in [5, 5.41) is 3.61. The summed E-state index contributed by atoms with van der Waals surface area (Å²) in [7, 11) is 0. The van der Waals surface area contributed by atoms with Crippen molar-refractivity contribution in [2.24, 2.45) is 5.92 Å². The second-order valence-electron chi connectivity index (χ2n) is 7.17. The topological polar surface area (TPSA) is 39.7 Å². The largest absolute Gasteiger partial charge is 0.378 e. The monoisotopic (exact) mass is 285 g/mol. The van der Waals surface area contributed by atoms with E-state index in [1.807, 2.05) is 0 Å². The molecule has 118 valence electrons. The Morgan fingerprint density at radius 1 is 1.35 bits per heavy atom. The van der Waals surface area contributed by atoms with Crippen LogP contribution in [0.1, 0.15) is 47.0 Å². The van der Waals surface area contributed by atoms with Crippen LogP contribution in [0.2, 0.25) is 0 Å². The summed E-state index contributed by atoms with van der Waals surface area (Å²) in [5.74, 6) is 0.618. The molecule has 0 aromatic carbocycles. The molecule has 0 aromatic rings. The van der Waals surface area contributed by atoms with Crippen molar-refractivity contribution < 1.29 is 14.2 Å². The van der Waals surface area contributed by atoms with Crippen molar-refractivity contribution in [2.45, 2.75) is 64.2 Å². The average Bonchev–Trinajstić information content (AvgIpc) is 2.81. The molecule has 1 N–H and O–H groups in total. The van der Waals surface area contributed by atoms with E-state index in [1.54, 1.807) is 0 Å². The number of hydrogen-bond acceptors (Lipinski definition) is 4. The smallest absolute Gasteiger partial charge is 0.0939 e. The van der Waals surface area contributed by atoms with Crippen molar-refractivity contribution in [1.82, 2.24) is 5.32 Å². The second-order valence-corrected chi connectivity index (χ2v) is 7.17. The zero-order valence-corrected chi connectivity index (χ0v) is 13.5. The Morgan fingerprint density at radius 3 is 2.75 bits per heavy atom. The van der Waals surface area contributed by atoms with E-state index in [0.29, 0.717) is 12.0 Å². The molecule has 2 aliphatic heterocycles. The Bertz CT molecular complexity index is 295. The highest BCUT2D eigenvalue weighted by Crippen LogP contribution is 2.37. The van der Waals surface area contributed by atoms with Gasteiger partial charge in [0.05, 0.1) is 24.4 Å². The van der Waals surface area contributed by atoms with Crippen LogP contribution in [0.4, 0.5) is 0 Å². The Morgan fingerprint density at radius 2 is 2.15 bits per heavy atom. The number of ether oxygens (including phenoxy) is 3. The quantitative estimate of drug-likeness (QED) is 0.842. The summed E-state index contributed by atoms with van der Waals surface area (Å²) in [4.78, 5) is 0. The van der Waals surface area contributed by atoms with Gasteiger partial charge in [0.1, 0.15) is 0 Å². The van der Waals surface area contributed by atoms with Gasteiger partial charge in [0.25, 0.3) is 0 Å². The van der Waals surface area contributed by atoms with E-state index in [4.69, 9.17) is 14.2 Å². The minimum atomic E-state index is -0.0764. The van der Waals surface area contributed by atoms with Crippen LogP contribution in [0.5, 0.6) is 0 Å². The first-order valence-corrected chi connectivity index (χ1v) is 8.03. The molecule has 4 heteroatoms. The van der Waals surface area contributed by atoms with Gasteiger partial charge in [-0.05, 0) is 46.1 Å². The number of nitrogens with one attached hydrogen (secondary N) is 1. The van der Waals surface area contributed by atoms with Crippen molar-refractivity contribution in [3.8, 4) is 0 Å². The molecule has 2 saturated heterocycles. The van der Waals surface area contributed by atoms with E-state index in [2.05, 4.69) is 33.0 Å². The maximum Gasteiger partial charge on any atom is 0.0939 e. The lowest BCUT2D eigenvalue weighted by molar-refractivity contribution is -0.111. The fraction of sp³-hybridized carbons (Fsp3) is 1.00. The first kappa shape index (κ1) is 16.2. The van der Waals surface area contributed by atoms with Crippen LogP contribution in [0, 0.1) is 5.92 Å². The standard InChI is InChI=1S/C16H31NO3/c1-5-17-14(11-20-15(2,3)4)13-6-8-19-16(10-13)7-9-18-12-16/h13-14,17H,5-12H2,1-4H3. The zero-order chi connectivity index (χ0) is 14.6. The van der Waals surface area contributed by atoms with E-state index in [1.165, 1.54) is 0 Å². The molecule has 2 rings (SSSR count). The van der Waals surface area contributed by atoms with Crippen molar-refractivity contribution in [2.75, 3.05) is 33.0 Å². The van der Waals surface area contributed by atoms with Crippen LogP contribution in [0.15, 0.2) is 0 Å². The van der Waals surface area contributed by atoms with Crippen molar-refractivity contribution >= 4 is 0 Å². The second kappa shape index (κ2) is 6.73. The highest BCUT2D eigenvalue weighted by Gasteiger charge is 2.43. The van der Waals surface area contributed by atoms with Crippen molar-refractivity contribution in [1.29, 1.82) is 0 Å². The first-order chi connectivity index (χ1) is 9.44. The van der Waals surface area contributed by atoms with Gasteiger partial charge < -0.3 is 19.5 Å². The van der Waals surface area contributed by atoms with E-state index >= 15 is 0 Å². The SMILES string of the molecule is CCNC(COC(C)(C)C)C1CCOC2(CCOC2)C1.